The Morgan fingerprint density at radius 1 is 0.452 bits per heavy atom. The maximum atomic E-state index is 6.64. The molecule has 3 aromatic carbocycles. The fourth-order valence-electron chi connectivity index (χ4n) is 3.08. The molecule has 0 radical (unpaired) electrons. The first-order valence-electron chi connectivity index (χ1n) is 10.3. The van der Waals surface area contributed by atoms with E-state index in [1.807, 2.05) is 104 Å². The summed E-state index contributed by atoms with van der Waals surface area (Å²) in [6, 6.07) is 28.4. The predicted molar refractivity (Wildman–Crippen MR) is 130 cm³/mol. The summed E-state index contributed by atoms with van der Waals surface area (Å²) in [6.07, 6.45) is 0. The van der Waals surface area contributed by atoms with Gasteiger partial charge in [0, 0.05) is 0 Å². The highest BCUT2D eigenvalue weighted by molar-refractivity contribution is 6.84. The zero-order valence-corrected chi connectivity index (χ0v) is 21.7. The van der Waals surface area contributed by atoms with Gasteiger partial charge in [0.25, 0.3) is 0 Å². The molecule has 0 heterocycles. The van der Waals surface area contributed by atoms with Gasteiger partial charge < -0.3 is 21.5 Å². The lowest BCUT2D eigenvalue weighted by atomic mass is 10.3. The van der Waals surface area contributed by atoms with Crippen molar-refractivity contribution < 1.29 is 21.5 Å². The molecule has 0 aromatic heterocycles. The Balaban J connectivity index is 2.04. The molecule has 31 heavy (non-hydrogen) atoms. The lowest BCUT2D eigenvalue weighted by Gasteiger charge is -2.37. The summed E-state index contributed by atoms with van der Waals surface area (Å²) in [5, 5.41) is 0. The molecule has 0 amide bonds. The number of rotatable bonds is 10. The molecule has 0 aliphatic carbocycles. The van der Waals surface area contributed by atoms with Crippen molar-refractivity contribution in [3.63, 3.8) is 0 Å². The minimum atomic E-state index is -3.79. The van der Waals surface area contributed by atoms with Crippen LogP contribution in [0.5, 0.6) is 17.2 Å². The Morgan fingerprint density at radius 3 is 1.06 bits per heavy atom. The van der Waals surface area contributed by atoms with Crippen LogP contribution in [0.4, 0.5) is 0 Å². The van der Waals surface area contributed by atoms with Gasteiger partial charge in [-0.05, 0) is 69.1 Å². The largest absolute Gasteiger partial charge is 0.884 e. The Morgan fingerprint density at radius 2 is 0.774 bits per heavy atom. The van der Waals surface area contributed by atoms with Gasteiger partial charge in [0.05, 0.1) is 0 Å². The second-order valence-electron chi connectivity index (χ2n) is 8.46. The first-order chi connectivity index (χ1) is 14.6. The summed E-state index contributed by atoms with van der Waals surface area (Å²) < 4.78 is 32.3. The molecule has 3 rings (SSSR count). The molecule has 0 bridgehead atoms. The fourth-order valence-corrected chi connectivity index (χ4v) is 13.8. The van der Waals surface area contributed by atoms with E-state index in [0.717, 1.165) is 0 Å². The van der Waals surface area contributed by atoms with Crippen molar-refractivity contribution in [2.75, 3.05) is 0 Å². The van der Waals surface area contributed by atoms with Crippen molar-refractivity contribution in [3.8, 4) is 17.2 Å². The maximum Gasteiger partial charge on any atom is 0.884 e. The highest BCUT2D eigenvalue weighted by atomic mass is 28.5. The summed E-state index contributed by atoms with van der Waals surface area (Å²) in [5.74, 6) is 1.83. The quantitative estimate of drug-likeness (QED) is 0.329. The number of hydrogen-bond acceptors (Lipinski definition) is 5. The molecule has 0 N–H and O–H groups in total. The summed E-state index contributed by atoms with van der Waals surface area (Å²) in [4.78, 5) is 0. The third-order valence-electron chi connectivity index (χ3n) is 3.88. The highest BCUT2D eigenvalue weighted by Gasteiger charge is 2.59. The normalized spacial score (nSPS) is 12.3. The van der Waals surface area contributed by atoms with Crippen LogP contribution in [0.1, 0.15) is 0 Å². The minimum absolute atomic E-state index is 0.610. The van der Waals surface area contributed by atoms with E-state index in [9.17, 15) is 0 Å². The number of para-hydroxylation sites is 3. The second-order valence-corrected chi connectivity index (χ2v) is 18.7. The Labute approximate surface area is 188 Å². The fraction of sp³-hybridized carbons (Fsp3) is 0.217. The van der Waals surface area contributed by atoms with Gasteiger partial charge in [-0.15, -0.1) is 0 Å². The van der Waals surface area contributed by atoms with E-state index >= 15 is 0 Å². The monoisotopic (exact) mass is 470 g/mol. The highest BCUT2D eigenvalue weighted by Crippen LogP contribution is 2.28. The lowest BCUT2D eigenvalue weighted by Crippen LogP contribution is -2.64. The Kier molecular flexibility index (Phi) is 7.39. The van der Waals surface area contributed by atoms with Crippen LogP contribution in [-0.4, -0.2) is 25.9 Å². The van der Waals surface area contributed by atoms with Gasteiger partial charge in [-0.1, -0.05) is 54.6 Å². The van der Waals surface area contributed by atoms with Crippen LogP contribution >= 0.6 is 0 Å². The third kappa shape index (κ3) is 7.68. The van der Waals surface area contributed by atoms with Gasteiger partial charge in [0.2, 0.25) is 0 Å². The molecule has 0 saturated heterocycles. The van der Waals surface area contributed by atoms with Crippen LogP contribution in [0.3, 0.4) is 0 Å². The smallest absolute Gasteiger partial charge is 0.462 e. The Bertz CT molecular complexity index is 830. The lowest BCUT2D eigenvalue weighted by molar-refractivity contribution is 0.143. The molecule has 5 nitrogen and oxygen atoms in total. The molecule has 164 valence electrons. The van der Waals surface area contributed by atoms with Crippen LogP contribution in [0, 0.1) is 0 Å². The van der Waals surface area contributed by atoms with Crippen LogP contribution < -0.4 is 13.3 Å². The van der Waals surface area contributed by atoms with Crippen LogP contribution in [-0.2, 0) is 8.23 Å². The molecule has 0 fully saturated rings. The van der Waals surface area contributed by atoms with Gasteiger partial charge in [-0.3, -0.25) is 0 Å². The molecule has 0 aliphatic heterocycles. The van der Waals surface area contributed by atoms with Gasteiger partial charge in [-0.2, -0.15) is 0 Å². The van der Waals surface area contributed by atoms with E-state index in [1.54, 1.807) is 0 Å². The number of hydrogen-bond donors (Lipinski definition) is 0. The van der Waals surface area contributed by atoms with E-state index in [-0.39, 0.29) is 0 Å². The summed E-state index contributed by atoms with van der Waals surface area (Å²) in [7, 11) is -8.36. The van der Waals surface area contributed by atoms with Gasteiger partial charge in [0.15, 0.2) is 8.32 Å². The maximum absolute atomic E-state index is 6.64. The van der Waals surface area contributed by atoms with Gasteiger partial charge in [0.1, 0.15) is 17.2 Å². The van der Waals surface area contributed by atoms with E-state index in [1.165, 1.54) is 0 Å². The van der Waals surface area contributed by atoms with Crippen molar-refractivity contribution in [1.29, 1.82) is 0 Å². The van der Waals surface area contributed by atoms with E-state index in [0.29, 0.717) is 17.2 Å². The van der Waals surface area contributed by atoms with Crippen molar-refractivity contribution in [1.82, 2.24) is 0 Å². The second kappa shape index (κ2) is 9.84. The predicted octanol–water partition coefficient (Wildman–Crippen LogP) is 6.23. The van der Waals surface area contributed by atoms with E-state index in [2.05, 4.69) is 19.6 Å². The summed E-state index contributed by atoms with van der Waals surface area (Å²) in [5.41, 5.74) is 0. The SMILES string of the molecule is C[Si](C)(C)O[Si](C)(C)O[Si](Oc1ccccc1)(Oc1ccccc1)Oc1ccccc1. The molecule has 0 spiro atoms. The molecular formula is C23H30O5Si3. The molecular weight excluding hydrogens is 441 g/mol. The van der Waals surface area contributed by atoms with Crippen molar-refractivity contribution in [2.45, 2.75) is 32.7 Å². The third-order valence-corrected chi connectivity index (χ3v) is 12.7. The van der Waals surface area contributed by atoms with Gasteiger partial charge in [-0.25, -0.2) is 0 Å². The van der Waals surface area contributed by atoms with E-state index < -0.39 is 25.9 Å². The minimum Gasteiger partial charge on any atom is -0.462 e. The van der Waals surface area contributed by atoms with Crippen molar-refractivity contribution in [3.05, 3.63) is 91.0 Å². The van der Waals surface area contributed by atoms with Crippen LogP contribution in [0.2, 0.25) is 32.7 Å². The van der Waals surface area contributed by atoms with Crippen molar-refractivity contribution in [2.24, 2.45) is 0 Å². The van der Waals surface area contributed by atoms with Crippen LogP contribution in [0.15, 0.2) is 91.0 Å². The first-order valence-corrected chi connectivity index (χ1v) is 18.1. The summed E-state index contributed by atoms with van der Waals surface area (Å²) >= 11 is 0. The Hall–Kier alpha value is -2.37. The standard InChI is InChI=1S/C23H30O5Si3/c1-29(2,3)27-30(4,5)28-31(24-21-15-9-6-10-16-21,25-22-17-11-7-12-18-22)26-23-19-13-8-14-20-23/h6-20H,1-5H3. The zero-order valence-electron chi connectivity index (χ0n) is 18.7. The molecule has 8 heteroatoms. The molecule has 3 aromatic rings. The topological polar surface area (TPSA) is 46.2 Å². The molecule has 0 aliphatic rings. The molecule has 0 saturated carbocycles. The molecule has 0 atom stereocenters. The van der Waals surface area contributed by atoms with Gasteiger partial charge >= 0.3 is 17.6 Å². The van der Waals surface area contributed by atoms with Crippen LogP contribution in [0.25, 0.3) is 0 Å². The average molecular weight is 471 g/mol. The first kappa shape index (κ1) is 23.3. The summed E-state index contributed by atoms with van der Waals surface area (Å²) in [6.45, 7) is 10.4. The van der Waals surface area contributed by atoms with Crippen molar-refractivity contribution >= 4 is 25.9 Å². The zero-order chi connectivity index (χ0) is 22.4. The van der Waals surface area contributed by atoms with E-state index in [4.69, 9.17) is 21.5 Å². The average Bonchev–Trinajstić information content (AvgIpc) is 2.68. The molecule has 0 unspecified atom stereocenters. The number of benzene rings is 3.